The second-order valence-corrected chi connectivity index (χ2v) is 7.17. The predicted molar refractivity (Wildman–Crippen MR) is 92.4 cm³/mol. The van der Waals surface area contributed by atoms with Crippen LogP contribution in [0.3, 0.4) is 0 Å². The lowest BCUT2D eigenvalue weighted by Crippen LogP contribution is -2.55. The van der Waals surface area contributed by atoms with Crippen LogP contribution < -0.4 is 15.5 Å². The molecular weight excluding hydrogens is 306 g/mol. The Kier molecular flexibility index (Phi) is 4.25. The number of ether oxygens (including phenoxy) is 1. The van der Waals surface area contributed by atoms with Crippen molar-refractivity contribution in [1.29, 1.82) is 0 Å². The van der Waals surface area contributed by atoms with E-state index in [0.29, 0.717) is 13.1 Å². The monoisotopic (exact) mass is 331 g/mol. The summed E-state index contributed by atoms with van der Waals surface area (Å²) in [6, 6.07) is 4.13. The van der Waals surface area contributed by atoms with Crippen LogP contribution in [0.2, 0.25) is 0 Å². The summed E-state index contributed by atoms with van der Waals surface area (Å²) in [7, 11) is 0. The topological polar surface area (TPSA) is 70.7 Å². The van der Waals surface area contributed by atoms with E-state index in [2.05, 4.69) is 43.5 Å². The minimum Gasteiger partial charge on any atom is -0.442 e. The number of nitrogens with one attached hydrogen (secondary N) is 2. The van der Waals surface area contributed by atoms with Gasteiger partial charge in [-0.25, -0.2) is 4.79 Å². The van der Waals surface area contributed by atoms with Crippen LogP contribution in [0.1, 0.15) is 30.5 Å². The third-order valence-corrected chi connectivity index (χ3v) is 4.92. The Balaban J connectivity index is 1.80. The first kappa shape index (κ1) is 16.8. The van der Waals surface area contributed by atoms with E-state index in [9.17, 15) is 9.59 Å². The van der Waals surface area contributed by atoms with E-state index >= 15 is 0 Å². The van der Waals surface area contributed by atoms with Crippen molar-refractivity contribution in [1.82, 2.24) is 10.6 Å². The summed E-state index contributed by atoms with van der Waals surface area (Å²) in [4.78, 5) is 24.9. The Bertz CT molecular complexity index is 659. The van der Waals surface area contributed by atoms with Crippen LogP contribution in [0.5, 0.6) is 0 Å². The van der Waals surface area contributed by atoms with E-state index in [1.165, 1.54) is 23.6 Å². The van der Waals surface area contributed by atoms with Gasteiger partial charge in [0, 0.05) is 31.1 Å². The summed E-state index contributed by atoms with van der Waals surface area (Å²) in [5, 5.41) is 6.04. The molecule has 3 rings (SSSR count). The second-order valence-electron chi connectivity index (χ2n) is 7.17. The lowest BCUT2D eigenvalue weighted by atomic mass is 9.73. The maximum absolute atomic E-state index is 12.2. The minimum absolute atomic E-state index is 0.122. The van der Waals surface area contributed by atoms with Gasteiger partial charge in [0.2, 0.25) is 5.91 Å². The van der Waals surface area contributed by atoms with Gasteiger partial charge in [-0.2, -0.15) is 0 Å². The SMILES string of the molecule is CC(=O)NC[C@H]1CN(c2cc(C)c(C3(C)CNC3)c(C)c2)C(=O)O1. The number of aryl methyl sites for hydroxylation is 2. The molecule has 1 atom stereocenters. The van der Waals surface area contributed by atoms with Crippen molar-refractivity contribution in [2.24, 2.45) is 0 Å². The normalized spacial score (nSPS) is 22.1. The fraction of sp³-hybridized carbons (Fsp3) is 0.556. The third-order valence-electron chi connectivity index (χ3n) is 4.92. The highest BCUT2D eigenvalue weighted by molar-refractivity contribution is 5.90. The standard InChI is InChI=1S/C18H25N3O3/c1-11-5-14(6-12(2)16(11)18(4)9-19-10-18)21-8-15(24-17(21)23)7-20-13(3)22/h5-6,15,19H,7-10H2,1-4H3,(H,20,22)/t15-/m0/s1. The highest BCUT2D eigenvalue weighted by Gasteiger charge is 2.37. The molecule has 2 saturated heterocycles. The van der Waals surface area contributed by atoms with E-state index in [0.717, 1.165) is 18.8 Å². The van der Waals surface area contributed by atoms with E-state index in [1.54, 1.807) is 4.90 Å². The molecule has 2 N–H and O–H groups in total. The molecule has 6 nitrogen and oxygen atoms in total. The van der Waals surface area contributed by atoms with Gasteiger partial charge in [0.05, 0.1) is 13.1 Å². The van der Waals surface area contributed by atoms with Crippen LogP contribution in [-0.2, 0) is 14.9 Å². The van der Waals surface area contributed by atoms with Gasteiger partial charge >= 0.3 is 6.09 Å². The molecule has 2 fully saturated rings. The summed E-state index contributed by atoms with van der Waals surface area (Å²) in [6.45, 7) is 10.7. The molecule has 130 valence electrons. The quantitative estimate of drug-likeness (QED) is 0.880. The summed E-state index contributed by atoms with van der Waals surface area (Å²) in [5.41, 5.74) is 4.80. The van der Waals surface area contributed by atoms with Crippen molar-refractivity contribution >= 4 is 17.7 Å². The highest BCUT2D eigenvalue weighted by atomic mass is 16.6. The maximum Gasteiger partial charge on any atom is 0.414 e. The number of rotatable bonds is 4. The number of hydrogen-bond acceptors (Lipinski definition) is 4. The van der Waals surface area contributed by atoms with Crippen LogP contribution in [0, 0.1) is 13.8 Å². The van der Waals surface area contributed by atoms with E-state index < -0.39 is 0 Å². The van der Waals surface area contributed by atoms with Gasteiger partial charge in [0.1, 0.15) is 6.10 Å². The zero-order chi connectivity index (χ0) is 17.5. The number of anilines is 1. The number of nitrogens with zero attached hydrogens (tertiary/aromatic N) is 1. The molecule has 2 heterocycles. The van der Waals surface area contributed by atoms with Crippen LogP contribution in [0.4, 0.5) is 10.5 Å². The molecule has 1 aromatic carbocycles. The van der Waals surface area contributed by atoms with Gasteiger partial charge in [-0.05, 0) is 42.7 Å². The molecule has 0 unspecified atom stereocenters. The molecule has 0 aliphatic carbocycles. The largest absolute Gasteiger partial charge is 0.442 e. The molecule has 24 heavy (non-hydrogen) atoms. The average molecular weight is 331 g/mol. The summed E-state index contributed by atoms with van der Waals surface area (Å²) >= 11 is 0. The lowest BCUT2D eigenvalue weighted by molar-refractivity contribution is -0.119. The molecule has 6 heteroatoms. The Hall–Kier alpha value is -2.08. The molecule has 0 spiro atoms. The molecule has 0 bridgehead atoms. The van der Waals surface area contributed by atoms with Gasteiger partial charge in [-0.1, -0.05) is 6.92 Å². The molecule has 0 saturated carbocycles. The van der Waals surface area contributed by atoms with Gasteiger partial charge < -0.3 is 15.4 Å². The van der Waals surface area contributed by atoms with E-state index in [-0.39, 0.29) is 23.5 Å². The first-order chi connectivity index (χ1) is 11.3. The number of benzene rings is 1. The van der Waals surface area contributed by atoms with Gasteiger partial charge in [0.15, 0.2) is 0 Å². The summed E-state index contributed by atoms with van der Waals surface area (Å²) in [5.74, 6) is -0.122. The van der Waals surface area contributed by atoms with Crippen LogP contribution in [0.25, 0.3) is 0 Å². The molecule has 0 aromatic heterocycles. The number of hydrogen-bond donors (Lipinski definition) is 2. The zero-order valence-corrected chi connectivity index (χ0v) is 14.7. The zero-order valence-electron chi connectivity index (χ0n) is 14.7. The van der Waals surface area contributed by atoms with Gasteiger partial charge in [-0.15, -0.1) is 0 Å². The Morgan fingerprint density at radius 1 is 1.38 bits per heavy atom. The predicted octanol–water partition coefficient (Wildman–Crippen LogP) is 1.63. The van der Waals surface area contributed by atoms with Crippen LogP contribution >= 0.6 is 0 Å². The number of carbonyl (C=O) groups is 2. The molecular formula is C18H25N3O3. The fourth-order valence-corrected chi connectivity index (χ4v) is 3.82. The summed E-state index contributed by atoms with van der Waals surface area (Å²) < 4.78 is 5.35. The Morgan fingerprint density at radius 3 is 2.50 bits per heavy atom. The minimum atomic E-state index is -0.353. The number of cyclic esters (lactones) is 1. The third kappa shape index (κ3) is 2.98. The average Bonchev–Trinajstić information content (AvgIpc) is 2.83. The van der Waals surface area contributed by atoms with Crippen molar-refractivity contribution in [3.8, 4) is 0 Å². The molecule has 0 radical (unpaired) electrons. The van der Waals surface area contributed by atoms with Crippen LogP contribution in [0.15, 0.2) is 12.1 Å². The fourth-order valence-electron chi connectivity index (χ4n) is 3.82. The Morgan fingerprint density at radius 2 is 2.00 bits per heavy atom. The second kappa shape index (κ2) is 6.09. The van der Waals surface area contributed by atoms with Crippen molar-refractivity contribution in [3.63, 3.8) is 0 Å². The first-order valence-corrected chi connectivity index (χ1v) is 8.35. The van der Waals surface area contributed by atoms with E-state index in [1.807, 2.05) is 0 Å². The molecule has 1 aromatic rings. The molecule has 2 aliphatic heterocycles. The van der Waals surface area contributed by atoms with Crippen molar-refractivity contribution in [2.45, 2.75) is 39.2 Å². The lowest BCUT2D eigenvalue weighted by Gasteiger charge is -2.42. The summed E-state index contributed by atoms with van der Waals surface area (Å²) in [6.07, 6.45) is -0.663. The van der Waals surface area contributed by atoms with Crippen molar-refractivity contribution in [2.75, 3.05) is 31.1 Å². The van der Waals surface area contributed by atoms with Crippen molar-refractivity contribution in [3.05, 3.63) is 28.8 Å². The molecule has 2 amide bonds. The van der Waals surface area contributed by atoms with E-state index in [4.69, 9.17) is 4.74 Å². The number of carbonyl (C=O) groups excluding carboxylic acids is 2. The van der Waals surface area contributed by atoms with Crippen molar-refractivity contribution < 1.29 is 14.3 Å². The maximum atomic E-state index is 12.2. The van der Waals surface area contributed by atoms with Gasteiger partial charge in [0.25, 0.3) is 0 Å². The first-order valence-electron chi connectivity index (χ1n) is 8.35. The number of amides is 2. The Labute approximate surface area is 142 Å². The van der Waals surface area contributed by atoms with Gasteiger partial charge in [-0.3, -0.25) is 9.69 Å². The molecule has 2 aliphatic rings. The van der Waals surface area contributed by atoms with Crippen LogP contribution in [-0.4, -0.2) is 44.3 Å². The highest BCUT2D eigenvalue weighted by Crippen LogP contribution is 2.36. The smallest absolute Gasteiger partial charge is 0.414 e.